The van der Waals surface area contributed by atoms with E-state index in [1.807, 2.05) is 0 Å². The maximum atomic E-state index is 9.65. The molecule has 1 N–H and O–H groups in total. The molecule has 0 radical (unpaired) electrons. The fourth-order valence-corrected chi connectivity index (χ4v) is 1.94. The van der Waals surface area contributed by atoms with Gasteiger partial charge < -0.3 is 28.8 Å². The summed E-state index contributed by atoms with van der Waals surface area (Å²) in [5, 5.41) is 9.65. The third kappa shape index (κ3) is 2.71. The van der Waals surface area contributed by atoms with Gasteiger partial charge in [-0.1, -0.05) is 0 Å². The fraction of sp³-hybridized carbons (Fsp3) is 1.00. The summed E-state index contributed by atoms with van der Waals surface area (Å²) in [4.78, 5) is 0. The fourth-order valence-electron chi connectivity index (χ4n) is 1.94. The van der Waals surface area contributed by atoms with Crippen molar-refractivity contribution >= 4 is 0 Å². The molecule has 0 saturated carbocycles. The standard InChI is InChI=1S/C10H20O6/c1-12-5-6(13-2)7-8(14-3)9(15-4)10(11)16-7/h6-11H,5H2,1-4H3/t6-,7+,8+,9-,10-/m1/s1. The van der Waals surface area contributed by atoms with Crippen LogP contribution < -0.4 is 0 Å². The minimum atomic E-state index is -1.01. The van der Waals surface area contributed by atoms with Crippen LogP contribution in [0.4, 0.5) is 0 Å². The van der Waals surface area contributed by atoms with E-state index >= 15 is 0 Å². The van der Waals surface area contributed by atoms with Crippen LogP contribution in [0.25, 0.3) is 0 Å². The zero-order chi connectivity index (χ0) is 12.1. The lowest BCUT2D eigenvalue weighted by atomic mass is 10.1. The van der Waals surface area contributed by atoms with Crippen molar-refractivity contribution in [1.82, 2.24) is 0 Å². The largest absolute Gasteiger partial charge is 0.382 e. The van der Waals surface area contributed by atoms with Gasteiger partial charge in [0.1, 0.15) is 24.4 Å². The van der Waals surface area contributed by atoms with Gasteiger partial charge in [0.2, 0.25) is 0 Å². The van der Waals surface area contributed by atoms with E-state index in [0.717, 1.165) is 0 Å². The maximum Gasteiger partial charge on any atom is 0.184 e. The lowest BCUT2D eigenvalue weighted by molar-refractivity contribution is -0.160. The van der Waals surface area contributed by atoms with Crippen molar-refractivity contribution in [3.8, 4) is 0 Å². The van der Waals surface area contributed by atoms with Crippen LogP contribution >= 0.6 is 0 Å². The number of hydrogen-bond donors (Lipinski definition) is 1. The third-order valence-corrected chi connectivity index (χ3v) is 2.77. The Morgan fingerprint density at radius 3 is 2.19 bits per heavy atom. The molecule has 0 spiro atoms. The molecule has 6 heteroatoms. The number of ether oxygens (including phenoxy) is 5. The average Bonchev–Trinajstić information content (AvgIpc) is 2.61. The number of rotatable bonds is 6. The highest BCUT2D eigenvalue weighted by molar-refractivity contribution is 4.92. The van der Waals surface area contributed by atoms with Crippen molar-refractivity contribution < 1.29 is 28.8 Å². The molecule has 1 rings (SSSR count). The minimum absolute atomic E-state index is 0.301. The van der Waals surface area contributed by atoms with Gasteiger partial charge >= 0.3 is 0 Å². The summed E-state index contributed by atoms with van der Waals surface area (Å²) < 4.78 is 26.1. The minimum Gasteiger partial charge on any atom is -0.382 e. The smallest absolute Gasteiger partial charge is 0.184 e. The molecule has 16 heavy (non-hydrogen) atoms. The van der Waals surface area contributed by atoms with Crippen LogP contribution in [0, 0.1) is 0 Å². The van der Waals surface area contributed by atoms with E-state index in [9.17, 15) is 5.11 Å². The molecule has 0 unspecified atom stereocenters. The van der Waals surface area contributed by atoms with Gasteiger partial charge in [-0.25, -0.2) is 0 Å². The zero-order valence-electron chi connectivity index (χ0n) is 10.1. The molecule has 0 aromatic rings. The van der Waals surface area contributed by atoms with E-state index in [1.54, 1.807) is 21.3 Å². The first kappa shape index (κ1) is 13.8. The molecule has 0 aliphatic carbocycles. The second-order valence-corrected chi connectivity index (χ2v) is 3.62. The van der Waals surface area contributed by atoms with Gasteiger partial charge in [-0.05, 0) is 0 Å². The monoisotopic (exact) mass is 236 g/mol. The van der Waals surface area contributed by atoms with Crippen LogP contribution in [0.2, 0.25) is 0 Å². The van der Waals surface area contributed by atoms with Crippen molar-refractivity contribution in [3.05, 3.63) is 0 Å². The Bertz CT molecular complexity index is 200. The topological polar surface area (TPSA) is 66.4 Å². The summed E-state index contributed by atoms with van der Waals surface area (Å²) in [5.41, 5.74) is 0. The molecule has 0 bridgehead atoms. The van der Waals surface area contributed by atoms with Gasteiger partial charge in [0.15, 0.2) is 6.29 Å². The maximum absolute atomic E-state index is 9.65. The van der Waals surface area contributed by atoms with Gasteiger partial charge in [0.25, 0.3) is 0 Å². The van der Waals surface area contributed by atoms with Crippen molar-refractivity contribution in [2.75, 3.05) is 35.0 Å². The highest BCUT2D eigenvalue weighted by Gasteiger charge is 2.48. The van der Waals surface area contributed by atoms with Gasteiger partial charge in [0.05, 0.1) is 6.61 Å². The van der Waals surface area contributed by atoms with Crippen LogP contribution in [-0.2, 0) is 23.7 Å². The molecule has 1 saturated heterocycles. The Kier molecular flexibility index (Phi) is 5.60. The Hall–Kier alpha value is -0.240. The van der Waals surface area contributed by atoms with Crippen molar-refractivity contribution in [1.29, 1.82) is 0 Å². The Morgan fingerprint density at radius 1 is 1.12 bits per heavy atom. The van der Waals surface area contributed by atoms with E-state index in [0.29, 0.717) is 6.61 Å². The number of methoxy groups -OCH3 is 4. The van der Waals surface area contributed by atoms with Crippen molar-refractivity contribution in [2.45, 2.75) is 30.7 Å². The molecule has 1 aliphatic rings. The van der Waals surface area contributed by atoms with E-state index in [-0.39, 0.29) is 12.2 Å². The van der Waals surface area contributed by atoms with Crippen LogP contribution in [0.5, 0.6) is 0 Å². The van der Waals surface area contributed by atoms with E-state index in [1.165, 1.54) is 7.11 Å². The molecule has 6 nitrogen and oxygen atoms in total. The van der Waals surface area contributed by atoms with Crippen LogP contribution in [0.3, 0.4) is 0 Å². The first-order valence-electron chi connectivity index (χ1n) is 5.10. The quantitative estimate of drug-likeness (QED) is 0.664. The van der Waals surface area contributed by atoms with Crippen molar-refractivity contribution in [2.24, 2.45) is 0 Å². The van der Waals surface area contributed by atoms with Crippen molar-refractivity contribution in [3.63, 3.8) is 0 Å². The number of aliphatic hydroxyl groups is 1. The number of aliphatic hydroxyl groups excluding tert-OH is 1. The predicted octanol–water partition coefficient (Wildman–Crippen LogP) is -0.605. The van der Waals surface area contributed by atoms with Crippen LogP contribution in [0.1, 0.15) is 0 Å². The van der Waals surface area contributed by atoms with Gasteiger partial charge in [-0.2, -0.15) is 0 Å². The molecule has 5 atom stereocenters. The average molecular weight is 236 g/mol. The Morgan fingerprint density at radius 2 is 1.75 bits per heavy atom. The molecule has 1 fully saturated rings. The predicted molar refractivity (Wildman–Crippen MR) is 55.1 cm³/mol. The SMILES string of the molecule is COC[C@@H](OC)[C@@H]1O[C@@H](O)[C@H](OC)[C@H]1OC. The summed E-state index contributed by atoms with van der Waals surface area (Å²) in [6.07, 6.45) is -2.60. The molecule has 1 heterocycles. The summed E-state index contributed by atoms with van der Waals surface area (Å²) in [6.45, 7) is 0.365. The lowest BCUT2D eigenvalue weighted by Crippen LogP contribution is -2.43. The Balaban J connectivity index is 2.71. The van der Waals surface area contributed by atoms with E-state index < -0.39 is 18.5 Å². The second kappa shape index (κ2) is 6.48. The molecule has 0 aromatic carbocycles. The van der Waals surface area contributed by atoms with Crippen LogP contribution in [0.15, 0.2) is 0 Å². The zero-order valence-corrected chi connectivity index (χ0v) is 10.1. The molecule has 0 aromatic heterocycles. The third-order valence-electron chi connectivity index (χ3n) is 2.77. The Labute approximate surface area is 95.4 Å². The second-order valence-electron chi connectivity index (χ2n) is 3.62. The highest BCUT2D eigenvalue weighted by atomic mass is 16.7. The molecular formula is C10H20O6. The lowest BCUT2D eigenvalue weighted by Gasteiger charge is -2.26. The van der Waals surface area contributed by atoms with Gasteiger partial charge in [0, 0.05) is 28.4 Å². The first-order chi connectivity index (χ1) is 7.69. The van der Waals surface area contributed by atoms with Gasteiger partial charge in [-0.15, -0.1) is 0 Å². The van der Waals surface area contributed by atoms with E-state index in [4.69, 9.17) is 23.7 Å². The van der Waals surface area contributed by atoms with Gasteiger partial charge in [-0.3, -0.25) is 0 Å². The molecule has 96 valence electrons. The summed E-state index contributed by atoms with van der Waals surface area (Å²) in [6, 6.07) is 0. The normalized spacial score (nSPS) is 36.6. The van der Waals surface area contributed by atoms with E-state index in [2.05, 4.69) is 0 Å². The molecular weight excluding hydrogens is 216 g/mol. The summed E-state index contributed by atoms with van der Waals surface area (Å²) in [5.74, 6) is 0. The first-order valence-corrected chi connectivity index (χ1v) is 5.10. The summed E-state index contributed by atoms with van der Waals surface area (Å²) in [7, 11) is 6.19. The molecule has 0 amide bonds. The molecule has 1 aliphatic heterocycles. The number of hydrogen-bond acceptors (Lipinski definition) is 6. The highest BCUT2D eigenvalue weighted by Crippen LogP contribution is 2.27. The summed E-state index contributed by atoms with van der Waals surface area (Å²) >= 11 is 0. The van der Waals surface area contributed by atoms with Crippen LogP contribution in [-0.4, -0.2) is 70.9 Å².